The molecule has 0 heterocycles. The van der Waals surface area contributed by atoms with Crippen LogP contribution in [0.25, 0.3) is 0 Å². The molecule has 2 N–H and O–H groups in total. The van der Waals surface area contributed by atoms with E-state index in [4.69, 9.17) is 0 Å². The third kappa shape index (κ3) is 2.46. The second-order valence-corrected chi connectivity index (χ2v) is 7.07. The third-order valence-corrected chi connectivity index (χ3v) is 5.77. The molecule has 2 fully saturated rings. The maximum Gasteiger partial charge on any atom is 0.0722 e. The van der Waals surface area contributed by atoms with E-state index in [1.165, 1.54) is 44.9 Å². The van der Waals surface area contributed by atoms with Crippen LogP contribution in [0.4, 0.5) is 0 Å². The molecule has 2 rings (SSSR count). The third-order valence-electron chi connectivity index (χ3n) is 5.77. The summed E-state index contributed by atoms with van der Waals surface area (Å²) in [5.74, 6) is 0.652. The lowest BCUT2D eigenvalue weighted by Crippen LogP contribution is -2.64. The number of hydrogen-bond acceptors (Lipinski definition) is 2. The lowest BCUT2D eigenvalue weighted by atomic mass is 9.53. The van der Waals surface area contributed by atoms with Crippen molar-refractivity contribution in [2.24, 2.45) is 11.3 Å². The quantitative estimate of drug-likeness (QED) is 0.752. The zero-order chi connectivity index (χ0) is 13.2. The van der Waals surface area contributed by atoms with Crippen molar-refractivity contribution in [3.63, 3.8) is 0 Å². The fourth-order valence-electron chi connectivity index (χ4n) is 4.50. The predicted octanol–water partition coefficient (Wildman–Crippen LogP) is 3.49. The van der Waals surface area contributed by atoms with Gasteiger partial charge in [-0.15, -0.1) is 0 Å². The summed E-state index contributed by atoms with van der Waals surface area (Å²) in [7, 11) is 0. The molecule has 0 aromatic rings. The normalized spacial score (nSPS) is 44.7. The summed E-state index contributed by atoms with van der Waals surface area (Å²) >= 11 is 0. The fourth-order valence-corrected chi connectivity index (χ4v) is 4.50. The standard InChI is InChI=1S/C16H31NO/c1-4-5-12-17-16(3)13-8-6-7-10-15(13,2)11-9-14(16)18/h13-14,17-18H,4-12H2,1-3H3. The smallest absolute Gasteiger partial charge is 0.0722 e. The van der Waals surface area contributed by atoms with Gasteiger partial charge >= 0.3 is 0 Å². The van der Waals surface area contributed by atoms with Gasteiger partial charge in [-0.1, -0.05) is 33.1 Å². The van der Waals surface area contributed by atoms with Crippen molar-refractivity contribution in [2.45, 2.75) is 83.8 Å². The predicted molar refractivity (Wildman–Crippen MR) is 76.6 cm³/mol. The molecule has 0 aromatic carbocycles. The average Bonchev–Trinajstić information content (AvgIpc) is 2.35. The molecule has 2 saturated carbocycles. The molecule has 106 valence electrons. The van der Waals surface area contributed by atoms with Crippen molar-refractivity contribution in [2.75, 3.05) is 6.54 Å². The van der Waals surface area contributed by atoms with Crippen LogP contribution in [0.3, 0.4) is 0 Å². The van der Waals surface area contributed by atoms with E-state index in [1.807, 2.05) is 0 Å². The van der Waals surface area contributed by atoms with E-state index in [9.17, 15) is 5.11 Å². The minimum absolute atomic E-state index is 0.0530. The molecule has 2 aliphatic rings. The molecule has 18 heavy (non-hydrogen) atoms. The Morgan fingerprint density at radius 1 is 1.17 bits per heavy atom. The van der Waals surface area contributed by atoms with Crippen LogP contribution in [-0.4, -0.2) is 23.3 Å². The first kappa shape index (κ1) is 14.3. The number of rotatable bonds is 4. The molecule has 2 aliphatic carbocycles. The number of unbranched alkanes of at least 4 members (excludes halogenated alkanes) is 1. The number of nitrogens with one attached hydrogen (secondary N) is 1. The first-order valence-corrected chi connectivity index (χ1v) is 7.96. The molecular weight excluding hydrogens is 222 g/mol. The summed E-state index contributed by atoms with van der Waals surface area (Å²) in [4.78, 5) is 0. The van der Waals surface area contributed by atoms with Crippen molar-refractivity contribution in [1.29, 1.82) is 0 Å². The van der Waals surface area contributed by atoms with Gasteiger partial charge in [-0.2, -0.15) is 0 Å². The highest BCUT2D eigenvalue weighted by Crippen LogP contribution is 2.54. The molecule has 0 amide bonds. The summed E-state index contributed by atoms with van der Waals surface area (Å²) in [6, 6.07) is 0. The van der Waals surface area contributed by atoms with Gasteiger partial charge in [0.05, 0.1) is 6.10 Å². The van der Waals surface area contributed by atoms with Gasteiger partial charge < -0.3 is 10.4 Å². The van der Waals surface area contributed by atoms with Gasteiger partial charge in [-0.25, -0.2) is 0 Å². The average molecular weight is 253 g/mol. The minimum Gasteiger partial charge on any atom is -0.391 e. The van der Waals surface area contributed by atoms with Crippen molar-refractivity contribution in [3.05, 3.63) is 0 Å². The molecule has 0 spiro atoms. The second kappa shape index (κ2) is 5.50. The Morgan fingerprint density at radius 2 is 1.94 bits per heavy atom. The maximum absolute atomic E-state index is 10.5. The summed E-state index contributed by atoms with van der Waals surface area (Å²) in [5.41, 5.74) is 0.411. The second-order valence-electron chi connectivity index (χ2n) is 7.07. The molecule has 2 heteroatoms. The van der Waals surface area contributed by atoms with E-state index in [2.05, 4.69) is 26.1 Å². The molecular formula is C16H31NO. The van der Waals surface area contributed by atoms with Crippen molar-refractivity contribution < 1.29 is 5.11 Å². The Morgan fingerprint density at radius 3 is 2.67 bits per heavy atom. The van der Waals surface area contributed by atoms with Crippen molar-refractivity contribution >= 4 is 0 Å². The van der Waals surface area contributed by atoms with E-state index in [-0.39, 0.29) is 11.6 Å². The summed E-state index contributed by atoms with van der Waals surface area (Å²) in [6.45, 7) is 8.02. The lowest BCUT2D eigenvalue weighted by Gasteiger charge is -2.57. The van der Waals surface area contributed by atoms with Crippen LogP contribution in [0.15, 0.2) is 0 Å². The Balaban J connectivity index is 2.13. The van der Waals surface area contributed by atoms with Crippen molar-refractivity contribution in [1.82, 2.24) is 5.32 Å². The van der Waals surface area contributed by atoms with Crippen LogP contribution in [0, 0.1) is 11.3 Å². The molecule has 0 radical (unpaired) electrons. The Bertz CT molecular complexity index is 280. The highest BCUT2D eigenvalue weighted by Gasteiger charge is 2.53. The zero-order valence-electron chi connectivity index (χ0n) is 12.5. The fraction of sp³-hybridized carbons (Fsp3) is 1.00. The SMILES string of the molecule is CCCCNC1(C)C(O)CCC2(C)CCCCC21. The molecule has 0 saturated heterocycles. The van der Waals surface area contributed by atoms with Crippen LogP contribution in [0.1, 0.15) is 72.1 Å². The van der Waals surface area contributed by atoms with Crippen LogP contribution in [-0.2, 0) is 0 Å². The Labute approximate surface area is 113 Å². The maximum atomic E-state index is 10.5. The summed E-state index contributed by atoms with van der Waals surface area (Å²) in [5, 5.41) is 14.2. The molecule has 0 aromatic heterocycles. The summed E-state index contributed by atoms with van der Waals surface area (Å²) < 4.78 is 0. The van der Waals surface area contributed by atoms with Crippen molar-refractivity contribution in [3.8, 4) is 0 Å². The monoisotopic (exact) mass is 253 g/mol. The summed E-state index contributed by atoms with van der Waals surface area (Å²) in [6.07, 6.45) is 9.84. The van der Waals surface area contributed by atoms with E-state index < -0.39 is 0 Å². The molecule has 2 nitrogen and oxygen atoms in total. The van der Waals surface area contributed by atoms with Gasteiger partial charge in [-0.05, 0) is 56.9 Å². The van der Waals surface area contributed by atoms with Gasteiger partial charge in [0.15, 0.2) is 0 Å². The minimum atomic E-state index is -0.162. The highest BCUT2D eigenvalue weighted by atomic mass is 16.3. The van der Waals surface area contributed by atoms with Gasteiger partial charge in [0.25, 0.3) is 0 Å². The largest absolute Gasteiger partial charge is 0.391 e. The van der Waals surface area contributed by atoms with E-state index in [1.54, 1.807) is 0 Å². The molecule has 0 bridgehead atoms. The van der Waals surface area contributed by atoms with Gasteiger partial charge in [-0.3, -0.25) is 0 Å². The van der Waals surface area contributed by atoms with Crippen LogP contribution in [0.5, 0.6) is 0 Å². The Hall–Kier alpha value is -0.0800. The number of aliphatic hydroxyl groups excluding tert-OH is 1. The lowest BCUT2D eigenvalue weighted by molar-refractivity contribution is -0.0889. The number of hydrogen-bond donors (Lipinski definition) is 2. The highest BCUT2D eigenvalue weighted by molar-refractivity contribution is 5.08. The topological polar surface area (TPSA) is 32.3 Å². The van der Waals surface area contributed by atoms with Gasteiger partial charge in [0, 0.05) is 5.54 Å². The van der Waals surface area contributed by atoms with E-state index >= 15 is 0 Å². The first-order valence-electron chi connectivity index (χ1n) is 7.96. The van der Waals surface area contributed by atoms with E-state index in [0.717, 1.165) is 13.0 Å². The van der Waals surface area contributed by atoms with Crippen LogP contribution >= 0.6 is 0 Å². The molecule has 4 atom stereocenters. The molecule has 4 unspecified atom stereocenters. The molecule has 0 aliphatic heterocycles. The first-order chi connectivity index (χ1) is 8.53. The van der Waals surface area contributed by atoms with Gasteiger partial charge in [0.2, 0.25) is 0 Å². The zero-order valence-corrected chi connectivity index (χ0v) is 12.5. The van der Waals surface area contributed by atoms with Crippen LogP contribution < -0.4 is 5.32 Å². The van der Waals surface area contributed by atoms with E-state index in [0.29, 0.717) is 11.3 Å². The number of fused-ring (bicyclic) bond motifs is 1. The van der Waals surface area contributed by atoms with Crippen LogP contribution in [0.2, 0.25) is 0 Å². The Kier molecular flexibility index (Phi) is 4.38. The number of aliphatic hydroxyl groups is 1. The van der Waals surface area contributed by atoms with Gasteiger partial charge in [0.1, 0.15) is 0 Å².